The van der Waals surface area contributed by atoms with Gasteiger partial charge in [0.25, 0.3) is 5.91 Å². The second-order valence-electron chi connectivity index (χ2n) is 5.86. The summed E-state index contributed by atoms with van der Waals surface area (Å²) in [4.78, 5) is 18.2. The molecule has 2 aromatic rings. The van der Waals surface area contributed by atoms with Crippen LogP contribution < -0.4 is 10.2 Å². The minimum Gasteiger partial charge on any atom is -0.327 e. The number of benzene rings is 1. The summed E-state index contributed by atoms with van der Waals surface area (Å²) in [6.45, 7) is 4.75. The molecule has 1 aliphatic rings. The molecule has 4 nitrogen and oxygen atoms in total. The van der Waals surface area contributed by atoms with Gasteiger partial charge in [-0.15, -0.1) is 0 Å². The van der Waals surface area contributed by atoms with Gasteiger partial charge in [-0.1, -0.05) is 18.2 Å². The number of nitrogens with one attached hydrogen (secondary N) is 2. The van der Waals surface area contributed by atoms with Gasteiger partial charge in [-0.05, 0) is 38.3 Å². The fourth-order valence-corrected chi connectivity index (χ4v) is 3.06. The van der Waals surface area contributed by atoms with E-state index >= 15 is 0 Å². The quantitative estimate of drug-likeness (QED) is 0.898. The lowest BCUT2D eigenvalue weighted by molar-refractivity contribution is -0.896. The predicted molar refractivity (Wildman–Crippen MR) is 84.5 cm³/mol. The third kappa shape index (κ3) is 3.39. The van der Waals surface area contributed by atoms with Gasteiger partial charge in [0.15, 0.2) is 6.54 Å². The summed E-state index contributed by atoms with van der Waals surface area (Å²) in [5.74, 6) is 0.0997. The molecule has 2 heterocycles. The van der Waals surface area contributed by atoms with E-state index in [1.807, 2.05) is 37.3 Å². The first-order valence-electron chi connectivity index (χ1n) is 7.72. The number of rotatable bonds is 3. The highest BCUT2D eigenvalue weighted by Crippen LogP contribution is 2.22. The van der Waals surface area contributed by atoms with Crippen molar-refractivity contribution in [1.82, 2.24) is 4.98 Å². The molecular weight excluding hydrogens is 262 g/mol. The van der Waals surface area contributed by atoms with Crippen molar-refractivity contribution in [2.75, 3.05) is 25.0 Å². The van der Waals surface area contributed by atoms with Gasteiger partial charge in [0.05, 0.1) is 24.3 Å². The Labute approximate surface area is 125 Å². The average Bonchev–Trinajstić information content (AvgIpc) is 2.48. The number of likely N-dealkylation sites (tertiary alicyclic amines) is 1. The van der Waals surface area contributed by atoms with E-state index in [2.05, 4.69) is 10.3 Å². The number of carbonyl (C=O) groups excluding carboxylic acids is 1. The summed E-state index contributed by atoms with van der Waals surface area (Å²) < 4.78 is 0. The first-order chi connectivity index (χ1) is 10.2. The number of hydrogen-bond donors (Lipinski definition) is 2. The molecule has 2 N–H and O–H groups in total. The minimum atomic E-state index is 0.0997. The molecule has 4 heteroatoms. The van der Waals surface area contributed by atoms with E-state index in [4.69, 9.17) is 0 Å². The number of hydrogen-bond acceptors (Lipinski definition) is 2. The maximum Gasteiger partial charge on any atom is 0.279 e. The van der Waals surface area contributed by atoms with E-state index in [9.17, 15) is 4.79 Å². The zero-order chi connectivity index (χ0) is 14.7. The zero-order valence-corrected chi connectivity index (χ0v) is 12.5. The van der Waals surface area contributed by atoms with Crippen LogP contribution in [0.1, 0.15) is 25.0 Å². The molecule has 0 aliphatic carbocycles. The van der Waals surface area contributed by atoms with E-state index in [0.717, 1.165) is 35.4 Å². The average molecular weight is 284 g/mol. The number of fused-ring (bicyclic) bond motifs is 1. The molecule has 0 atom stereocenters. The van der Waals surface area contributed by atoms with E-state index < -0.39 is 0 Å². The Kier molecular flexibility index (Phi) is 4.15. The van der Waals surface area contributed by atoms with Gasteiger partial charge in [0.2, 0.25) is 0 Å². The monoisotopic (exact) mass is 284 g/mol. The van der Waals surface area contributed by atoms with E-state index in [0.29, 0.717) is 6.54 Å². The fourth-order valence-electron chi connectivity index (χ4n) is 3.06. The van der Waals surface area contributed by atoms with Crippen LogP contribution in [0, 0.1) is 6.92 Å². The summed E-state index contributed by atoms with van der Waals surface area (Å²) in [5.41, 5.74) is 2.73. The third-order valence-corrected chi connectivity index (χ3v) is 4.09. The number of amides is 1. The van der Waals surface area contributed by atoms with E-state index in [1.165, 1.54) is 24.2 Å². The van der Waals surface area contributed by atoms with Crippen molar-refractivity contribution in [3.8, 4) is 0 Å². The van der Waals surface area contributed by atoms with Crippen LogP contribution in [0.3, 0.4) is 0 Å². The number of nitrogens with zero attached hydrogens (tertiary/aromatic N) is 1. The van der Waals surface area contributed by atoms with Crippen molar-refractivity contribution < 1.29 is 9.69 Å². The number of para-hydroxylation sites is 1. The Balaban J connectivity index is 1.76. The van der Waals surface area contributed by atoms with Gasteiger partial charge in [0.1, 0.15) is 0 Å². The fraction of sp³-hybridized carbons (Fsp3) is 0.412. The van der Waals surface area contributed by atoms with Gasteiger partial charge in [-0.3, -0.25) is 9.78 Å². The molecule has 0 spiro atoms. The van der Waals surface area contributed by atoms with Gasteiger partial charge >= 0.3 is 0 Å². The van der Waals surface area contributed by atoms with Crippen molar-refractivity contribution in [2.45, 2.75) is 26.2 Å². The molecule has 110 valence electrons. The van der Waals surface area contributed by atoms with Gasteiger partial charge in [0, 0.05) is 11.1 Å². The Morgan fingerprint density at radius 2 is 2.00 bits per heavy atom. The molecule has 21 heavy (non-hydrogen) atoms. The van der Waals surface area contributed by atoms with Crippen LogP contribution in [-0.2, 0) is 4.79 Å². The van der Waals surface area contributed by atoms with Crippen molar-refractivity contribution in [1.29, 1.82) is 0 Å². The Morgan fingerprint density at radius 3 is 2.81 bits per heavy atom. The molecule has 0 radical (unpaired) electrons. The van der Waals surface area contributed by atoms with E-state index in [-0.39, 0.29) is 5.91 Å². The summed E-state index contributed by atoms with van der Waals surface area (Å²) in [6.07, 6.45) is 3.78. The molecule has 1 aromatic carbocycles. The molecule has 0 unspecified atom stereocenters. The van der Waals surface area contributed by atoms with Crippen LogP contribution in [-0.4, -0.2) is 30.5 Å². The number of carbonyl (C=O) groups is 1. The Hall–Kier alpha value is -1.94. The second-order valence-corrected chi connectivity index (χ2v) is 5.86. The minimum absolute atomic E-state index is 0.0997. The maximum absolute atomic E-state index is 12.3. The Morgan fingerprint density at radius 1 is 1.24 bits per heavy atom. The van der Waals surface area contributed by atoms with Crippen LogP contribution in [0.4, 0.5) is 5.69 Å². The van der Waals surface area contributed by atoms with Crippen molar-refractivity contribution in [3.63, 3.8) is 0 Å². The van der Waals surface area contributed by atoms with Gasteiger partial charge < -0.3 is 10.2 Å². The summed E-state index contributed by atoms with van der Waals surface area (Å²) in [7, 11) is 0. The number of anilines is 1. The van der Waals surface area contributed by atoms with Crippen LogP contribution >= 0.6 is 0 Å². The lowest BCUT2D eigenvalue weighted by Gasteiger charge is -2.23. The summed E-state index contributed by atoms with van der Waals surface area (Å²) in [5, 5.41) is 4.08. The third-order valence-electron chi connectivity index (χ3n) is 4.09. The molecule has 1 aromatic heterocycles. The van der Waals surface area contributed by atoms with Crippen LogP contribution in [0.5, 0.6) is 0 Å². The first kappa shape index (κ1) is 14.0. The maximum atomic E-state index is 12.3. The standard InChI is InChI=1S/C17H21N3O/c1-13-11-16(14-7-3-4-8-15(14)18-13)19-17(21)12-20-9-5-2-6-10-20/h3-4,7-8,11H,2,5-6,9-10,12H2,1H3,(H,18,19,21)/p+1. The highest BCUT2D eigenvalue weighted by Gasteiger charge is 2.18. The summed E-state index contributed by atoms with van der Waals surface area (Å²) >= 11 is 0. The predicted octanol–water partition coefficient (Wildman–Crippen LogP) is 1.55. The number of pyridine rings is 1. The highest BCUT2D eigenvalue weighted by atomic mass is 16.2. The first-order valence-corrected chi connectivity index (χ1v) is 7.72. The van der Waals surface area contributed by atoms with E-state index in [1.54, 1.807) is 0 Å². The van der Waals surface area contributed by atoms with Gasteiger partial charge in [-0.25, -0.2) is 0 Å². The molecule has 3 rings (SSSR count). The second kappa shape index (κ2) is 6.22. The van der Waals surface area contributed by atoms with Crippen LogP contribution in [0.2, 0.25) is 0 Å². The van der Waals surface area contributed by atoms with Crippen molar-refractivity contribution in [2.24, 2.45) is 0 Å². The zero-order valence-electron chi connectivity index (χ0n) is 12.5. The molecule has 1 amide bonds. The normalized spacial score (nSPS) is 16.0. The van der Waals surface area contributed by atoms with Crippen LogP contribution in [0.15, 0.2) is 30.3 Å². The lowest BCUT2D eigenvalue weighted by atomic mass is 10.1. The molecule has 1 fully saturated rings. The molecule has 0 bridgehead atoms. The number of aryl methyl sites for hydroxylation is 1. The highest BCUT2D eigenvalue weighted by molar-refractivity contribution is 6.01. The number of aromatic nitrogens is 1. The van der Waals surface area contributed by atoms with Gasteiger partial charge in [-0.2, -0.15) is 0 Å². The largest absolute Gasteiger partial charge is 0.327 e. The molecule has 1 saturated heterocycles. The number of quaternary nitrogens is 1. The smallest absolute Gasteiger partial charge is 0.279 e. The number of piperidine rings is 1. The molecular formula is C17H22N3O+. The Bertz CT molecular complexity index is 648. The molecule has 1 aliphatic heterocycles. The van der Waals surface area contributed by atoms with Crippen molar-refractivity contribution >= 4 is 22.5 Å². The lowest BCUT2D eigenvalue weighted by Crippen LogP contribution is -3.13. The molecule has 0 saturated carbocycles. The van der Waals surface area contributed by atoms with Crippen LogP contribution in [0.25, 0.3) is 10.9 Å². The van der Waals surface area contributed by atoms with Crippen molar-refractivity contribution in [3.05, 3.63) is 36.0 Å². The topological polar surface area (TPSA) is 46.4 Å². The SMILES string of the molecule is Cc1cc(NC(=O)C[NH+]2CCCCC2)c2ccccc2n1. The summed E-state index contributed by atoms with van der Waals surface area (Å²) in [6, 6.07) is 9.88.